The number of ether oxygens (including phenoxy) is 3. The minimum Gasteiger partial charge on any atom is -0.485 e. The number of alkyl halides is 3. The number of benzene rings is 1. The average molecular weight is 602 g/mol. The second-order valence-electron chi connectivity index (χ2n) is 11.4. The highest BCUT2D eigenvalue weighted by molar-refractivity contribution is 5.99. The normalized spacial score (nSPS) is 20.2. The number of nitrogens with one attached hydrogen (secondary N) is 3. The van der Waals surface area contributed by atoms with Crippen molar-refractivity contribution in [2.75, 3.05) is 63.2 Å². The van der Waals surface area contributed by atoms with Crippen molar-refractivity contribution in [1.29, 1.82) is 0 Å². The van der Waals surface area contributed by atoms with Crippen molar-refractivity contribution in [2.45, 2.75) is 50.4 Å². The fourth-order valence-corrected chi connectivity index (χ4v) is 6.23. The summed E-state index contributed by atoms with van der Waals surface area (Å²) in [5.74, 6) is 0.767. The average Bonchev–Trinajstić information content (AvgIpc) is 3.44. The van der Waals surface area contributed by atoms with Crippen molar-refractivity contribution in [3.05, 3.63) is 29.5 Å². The van der Waals surface area contributed by atoms with E-state index in [0.29, 0.717) is 41.9 Å². The molecule has 14 heteroatoms. The molecule has 3 aliphatic heterocycles. The van der Waals surface area contributed by atoms with Crippen molar-refractivity contribution < 1.29 is 32.2 Å². The fourth-order valence-electron chi connectivity index (χ4n) is 6.23. The Hall–Kier alpha value is -3.78. The SMILES string of the molecule is O=C(c1ccc(Nc2nc(NC3CCC3)c3c(C(F)(F)F)c[nH]c3n2)c2c1OCCO2)N1CCC(N2CCOCC2)CC1. The van der Waals surface area contributed by atoms with Crippen LogP contribution in [0.3, 0.4) is 0 Å². The van der Waals surface area contributed by atoms with Crippen molar-refractivity contribution >= 4 is 34.4 Å². The molecule has 7 rings (SSSR count). The van der Waals surface area contributed by atoms with Gasteiger partial charge in [0.1, 0.15) is 24.7 Å². The van der Waals surface area contributed by atoms with Crippen molar-refractivity contribution in [3.8, 4) is 11.5 Å². The zero-order valence-electron chi connectivity index (χ0n) is 23.6. The van der Waals surface area contributed by atoms with E-state index in [2.05, 4.69) is 30.5 Å². The first kappa shape index (κ1) is 28.0. The second kappa shape index (κ2) is 11.4. The van der Waals surface area contributed by atoms with E-state index in [1.165, 1.54) is 0 Å². The number of carbonyl (C=O) groups excluding carboxylic acids is 1. The molecule has 1 aromatic carbocycles. The summed E-state index contributed by atoms with van der Waals surface area (Å²) < 4.78 is 58.6. The van der Waals surface area contributed by atoms with E-state index in [1.807, 2.05) is 4.90 Å². The molecule has 1 amide bonds. The van der Waals surface area contributed by atoms with Crippen LogP contribution in [-0.2, 0) is 10.9 Å². The van der Waals surface area contributed by atoms with Gasteiger partial charge in [0.2, 0.25) is 5.95 Å². The highest BCUT2D eigenvalue weighted by atomic mass is 19.4. The van der Waals surface area contributed by atoms with E-state index in [-0.39, 0.29) is 48.0 Å². The molecule has 3 aromatic rings. The highest BCUT2D eigenvalue weighted by Crippen LogP contribution is 2.43. The predicted molar refractivity (Wildman–Crippen MR) is 152 cm³/mol. The van der Waals surface area contributed by atoms with Gasteiger partial charge in [-0.1, -0.05) is 0 Å². The van der Waals surface area contributed by atoms with E-state index in [1.54, 1.807) is 12.1 Å². The number of nitrogens with zero attached hydrogens (tertiary/aromatic N) is 4. The number of halogens is 3. The standard InChI is InChI=1S/C29H34F3N7O4/c30-29(31,32)20-16-33-25-22(20)26(34-17-2-1-3-17)37-28(36-25)35-21-5-4-19(23-24(21)43-15-14-42-23)27(40)39-8-6-18(7-9-39)38-10-12-41-13-11-38/h4-5,16-18H,1-3,6-15H2,(H3,33,34,35,36,37). The van der Waals surface area contributed by atoms with Gasteiger partial charge < -0.3 is 34.7 Å². The Kier molecular flexibility index (Phi) is 7.41. The minimum absolute atomic E-state index is 0.0515. The number of hydrogen-bond donors (Lipinski definition) is 3. The number of rotatable bonds is 6. The molecule has 3 N–H and O–H groups in total. The Labute approximate surface area is 246 Å². The maximum Gasteiger partial charge on any atom is 0.418 e. The monoisotopic (exact) mass is 601 g/mol. The van der Waals surface area contributed by atoms with Gasteiger partial charge in [-0.15, -0.1) is 0 Å². The number of likely N-dealkylation sites (tertiary alicyclic amines) is 1. The molecular formula is C29H34F3N7O4. The number of carbonyl (C=O) groups is 1. The zero-order valence-corrected chi connectivity index (χ0v) is 23.6. The molecular weight excluding hydrogens is 567 g/mol. The maximum atomic E-state index is 13.8. The lowest BCUT2D eigenvalue weighted by Crippen LogP contribution is -2.50. The molecule has 0 atom stereocenters. The molecule has 0 unspecified atom stereocenters. The first-order valence-corrected chi connectivity index (χ1v) is 14.9. The third-order valence-corrected chi connectivity index (χ3v) is 8.76. The van der Waals surface area contributed by atoms with Crippen LogP contribution in [0.1, 0.15) is 48.0 Å². The Balaban J connectivity index is 1.14. The van der Waals surface area contributed by atoms with E-state index >= 15 is 0 Å². The molecule has 2 saturated heterocycles. The topological polar surface area (TPSA) is 117 Å². The van der Waals surface area contributed by atoms with Crippen molar-refractivity contribution in [3.63, 3.8) is 0 Å². The number of H-pyrrole nitrogens is 1. The van der Waals surface area contributed by atoms with Crippen LogP contribution in [0.25, 0.3) is 11.0 Å². The lowest BCUT2D eigenvalue weighted by atomic mass is 9.93. The van der Waals surface area contributed by atoms with E-state index in [0.717, 1.165) is 64.6 Å². The summed E-state index contributed by atoms with van der Waals surface area (Å²) in [4.78, 5) is 29.4. The van der Waals surface area contributed by atoms with E-state index < -0.39 is 11.7 Å². The number of fused-ring (bicyclic) bond motifs is 2. The number of morpholine rings is 1. The second-order valence-corrected chi connectivity index (χ2v) is 11.4. The van der Waals surface area contributed by atoms with Gasteiger partial charge in [0.15, 0.2) is 11.5 Å². The molecule has 4 aliphatic rings. The third-order valence-electron chi connectivity index (χ3n) is 8.76. The Morgan fingerprint density at radius 1 is 0.953 bits per heavy atom. The summed E-state index contributed by atoms with van der Waals surface area (Å²) in [6.45, 7) is 5.22. The number of anilines is 3. The van der Waals surface area contributed by atoms with Gasteiger partial charge in [0.05, 0.1) is 35.4 Å². The third kappa shape index (κ3) is 5.53. The summed E-state index contributed by atoms with van der Waals surface area (Å²) in [5.41, 5.74) is 0.105. The molecule has 5 heterocycles. The summed E-state index contributed by atoms with van der Waals surface area (Å²) in [6.07, 6.45) is 0.886. The molecule has 2 aromatic heterocycles. The Bertz CT molecular complexity index is 1500. The van der Waals surface area contributed by atoms with Gasteiger partial charge >= 0.3 is 6.18 Å². The van der Waals surface area contributed by atoms with Gasteiger partial charge in [-0.3, -0.25) is 9.69 Å². The van der Waals surface area contributed by atoms with E-state index in [9.17, 15) is 18.0 Å². The van der Waals surface area contributed by atoms with Crippen LogP contribution < -0.4 is 20.1 Å². The molecule has 230 valence electrons. The van der Waals surface area contributed by atoms with Crippen LogP contribution in [0.5, 0.6) is 11.5 Å². The number of aromatic nitrogens is 3. The lowest BCUT2D eigenvalue weighted by Gasteiger charge is -2.40. The molecule has 43 heavy (non-hydrogen) atoms. The largest absolute Gasteiger partial charge is 0.485 e. The minimum atomic E-state index is -4.56. The molecule has 0 bridgehead atoms. The quantitative estimate of drug-likeness (QED) is 0.378. The Morgan fingerprint density at radius 3 is 2.40 bits per heavy atom. The Morgan fingerprint density at radius 2 is 1.70 bits per heavy atom. The first-order valence-electron chi connectivity index (χ1n) is 14.9. The van der Waals surface area contributed by atoms with Crippen LogP contribution in [0, 0.1) is 0 Å². The molecule has 0 spiro atoms. The molecule has 0 radical (unpaired) electrons. The number of aromatic amines is 1. The van der Waals surface area contributed by atoms with Crippen LogP contribution in [0.4, 0.5) is 30.6 Å². The summed E-state index contributed by atoms with van der Waals surface area (Å²) in [5, 5.41) is 6.17. The summed E-state index contributed by atoms with van der Waals surface area (Å²) in [7, 11) is 0. The smallest absolute Gasteiger partial charge is 0.418 e. The van der Waals surface area contributed by atoms with Crippen LogP contribution >= 0.6 is 0 Å². The molecule has 1 aliphatic carbocycles. The van der Waals surface area contributed by atoms with Gasteiger partial charge in [0, 0.05) is 44.5 Å². The molecule has 1 saturated carbocycles. The highest BCUT2D eigenvalue weighted by Gasteiger charge is 2.37. The summed E-state index contributed by atoms with van der Waals surface area (Å²) in [6, 6.07) is 3.88. The van der Waals surface area contributed by atoms with Crippen LogP contribution in [0.2, 0.25) is 0 Å². The number of hydrogen-bond acceptors (Lipinski definition) is 9. The van der Waals surface area contributed by atoms with Crippen molar-refractivity contribution in [1.82, 2.24) is 24.8 Å². The van der Waals surface area contributed by atoms with Crippen LogP contribution in [0.15, 0.2) is 18.3 Å². The molecule has 3 fully saturated rings. The van der Waals surface area contributed by atoms with Gasteiger partial charge in [-0.2, -0.15) is 23.1 Å². The van der Waals surface area contributed by atoms with E-state index in [4.69, 9.17) is 14.2 Å². The van der Waals surface area contributed by atoms with Gasteiger partial charge in [-0.05, 0) is 44.2 Å². The van der Waals surface area contributed by atoms with Crippen molar-refractivity contribution in [2.24, 2.45) is 0 Å². The summed E-state index contributed by atoms with van der Waals surface area (Å²) >= 11 is 0. The molecule has 11 nitrogen and oxygen atoms in total. The van der Waals surface area contributed by atoms with Crippen LogP contribution in [-0.4, -0.2) is 95.3 Å². The van der Waals surface area contributed by atoms with Gasteiger partial charge in [0.25, 0.3) is 5.91 Å². The fraction of sp³-hybridized carbons (Fsp3) is 0.552. The number of amides is 1. The zero-order chi connectivity index (χ0) is 29.6. The first-order chi connectivity index (χ1) is 20.8. The lowest BCUT2D eigenvalue weighted by molar-refractivity contribution is -0.136. The number of piperidine rings is 1. The maximum absolute atomic E-state index is 13.8. The van der Waals surface area contributed by atoms with Gasteiger partial charge in [-0.25, -0.2) is 0 Å². The predicted octanol–water partition coefficient (Wildman–Crippen LogP) is 4.39.